The normalized spacial score (nSPS) is 23.5. The lowest BCUT2D eigenvalue weighted by Crippen LogP contribution is -2.52. The number of benzene rings is 1. The Morgan fingerprint density at radius 2 is 2.24 bits per heavy atom. The van der Waals surface area contributed by atoms with Crippen LogP contribution in [0.2, 0.25) is 0 Å². The Hall–Kier alpha value is -2.40. The maximum Gasteiger partial charge on any atom is 0.324 e. The summed E-state index contributed by atoms with van der Waals surface area (Å²) in [6.45, 7) is 3.08. The third kappa shape index (κ3) is 1.61. The Morgan fingerprint density at radius 3 is 3.10 bits per heavy atom. The van der Waals surface area contributed by atoms with Gasteiger partial charge in [-0.2, -0.15) is 0 Å². The number of carbonyl (C=O) groups excluding carboxylic acids is 1. The summed E-state index contributed by atoms with van der Waals surface area (Å²) in [6.07, 6.45) is 1.73. The van der Waals surface area contributed by atoms with Crippen LogP contribution in [0, 0.1) is 6.92 Å². The van der Waals surface area contributed by atoms with E-state index in [9.17, 15) is 4.79 Å². The maximum atomic E-state index is 12.4. The van der Waals surface area contributed by atoms with Crippen LogP contribution in [0.15, 0.2) is 42.6 Å². The molecule has 4 rings (SSSR count). The van der Waals surface area contributed by atoms with Gasteiger partial charge >= 0.3 is 6.03 Å². The Bertz CT molecular complexity index is 731. The van der Waals surface area contributed by atoms with Crippen LogP contribution in [0.5, 0.6) is 0 Å². The van der Waals surface area contributed by atoms with Crippen molar-refractivity contribution in [2.24, 2.45) is 0 Å². The first-order valence-corrected chi connectivity index (χ1v) is 6.97. The van der Waals surface area contributed by atoms with Gasteiger partial charge in [-0.15, -0.1) is 0 Å². The molecule has 1 N–H and O–H groups in total. The van der Waals surface area contributed by atoms with Crippen LogP contribution < -0.4 is 5.32 Å². The van der Waals surface area contributed by atoms with Gasteiger partial charge in [-0.1, -0.05) is 29.8 Å². The number of rotatable bonds is 1. The number of anilines is 1. The van der Waals surface area contributed by atoms with Gasteiger partial charge in [0.05, 0.1) is 12.3 Å². The zero-order valence-electron chi connectivity index (χ0n) is 11.7. The highest BCUT2D eigenvalue weighted by atomic mass is 16.5. The Morgan fingerprint density at radius 1 is 1.33 bits per heavy atom. The maximum absolute atomic E-state index is 12.4. The molecule has 0 saturated carbocycles. The molecule has 1 fully saturated rings. The number of fused-ring (bicyclic) bond motifs is 3. The predicted octanol–water partition coefficient (Wildman–Crippen LogP) is 2.47. The SMILES string of the molecule is Cc1cccc(C23OCCN2C(=O)Nc2cccnc23)c1. The highest BCUT2D eigenvalue weighted by molar-refractivity contribution is 5.94. The fraction of sp³-hybridized carbons (Fsp3) is 0.250. The van der Waals surface area contributed by atoms with Crippen molar-refractivity contribution < 1.29 is 9.53 Å². The van der Waals surface area contributed by atoms with Crippen molar-refractivity contribution in [3.05, 3.63) is 59.4 Å². The summed E-state index contributed by atoms with van der Waals surface area (Å²) in [5, 5.41) is 2.88. The number of nitrogens with one attached hydrogen (secondary N) is 1. The first kappa shape index (κ1) is 12.3. The molecule has 21 heavy (non-hydrogen) atoms. The van der Waals surface area contributed by atoms with Crippen molar-refractivity contribution in [3.8, 4) is 0 Å². The van der Waals surface area contributed by atoms with E-state index in [1.54, 1.807) is 11.1 Å². The molecule has 2 aromatic rings. The number of aryl methyl sites for hydroxylation is 1. The van der Waals surface area contributed by atoms with Gasteiger partial charge in [0.15, 0.2) is 0 Å². The topological polar surface area (TPSA) is 54.5 Å². The summed E-state index contributed by atoms with van der Waals surface area (Å²) in [5.74, 6) is 0. The van der Waals surface area contributed by atoms with E-state index >= 15 is 0 Å². The number of carbonyl (C=O) groups is 1. The molecule has 1 aromatic heterocycles. The van der Waals surface area contributed by atoms with Crippen LogP contribution in [0.25, 0.3) is 0 Å². The Kier molecular flexibility index (Phi) is 2.53. The summed E-state index contributed by atoms with van der Waals surface area (Å²) in [6, 6.07) is 11.6. The molecule has 3 heterocycles. The molecular weight excluding hydrogens is 266 g/mol. The summed E-state index contributed by atoms with van der Waals surface area (Å²) >= 11 is 0. The average molecular weight is 281 g/mol. The lowest BCUT2D eigenvalue weighted by atomic mass is 9.93. The number of aromatic nitrogens is 1. The van der Waals surface area contributed by atoms with Gasteiger partial charge in [-0.25, -0.2) is 4.79 Å². The standard InChI is InChI=1S/C16H15N3O2/c1-11-4-2-5-12(10-11)16-14-13(6-3-7-17-14)18-15(20)19(16)8-9-21-16/h2-7,10H,8-9H2,1H3,(H,18,20). The molecular formula is C16H15N3O2. The van der Waals surface area contributed by atoms with E-state index in [1.807, 2.05) is 37.3 Å². The van der Waals surface area contributed by atoms with Crippen LogP contribution in [-0.4, -0.2) is 29.1 Å². The molecule has 0 radical (unpaired) electrons. The number of hydrogen-bond donors (Lipinski definition) is 1. The van der Waals surface area contributed by atoms with Crippen LogP contribution in [0.3, 0.4) is 0 Å². The van der Waals surface area contributed by atoms with E-state index < -0.39 is 5.72 Å². The van der Waals surface area contributed by atoms with Crippen molar-refractivity contribution in [2.75, 3.05) is 18.5 Å². The number of urea groups is 1. The zero-order valence-corrected chi connectivity index (χ0v) is 11.7. The van der Waals surface area contributed by atoms with E-state index in [1.165, 1.54) is 0 Å². The molecule has 1 unspecified atom stereocenters. The van der Waals surface area contributed by atoms with Gasteiger partial charge in [0.2, 0.25) is 5.72 Å². The average Bonchev–Trinajstić information content (AvgIpc) is 2.94. The third-order valence-corrected chi connectivity index (χ3v) is 4.03. The van der Waals surface area contributed by atoms with Crippen LogP contribution in [0.1, 0.15) is 16.8 Å². The lowest BCUT2D eigenvalue weighted by Gasteiger charge is -2.41. The quantitative estimate of drug-likeness (QED) is 0.873. The third-order valence-electron chi connectivity index (χ3n) is 4.03. The molecule has 1 aromatic carbocycles. The molecule has 1 atom stereocenters. The number of nitrogens with zero attached hydrogens (tertiary/aromatic N) is 2. The molecule has 0 spiro atoms. The van der Waals surface area contributed by atoms with Crippen LogP contribution in [-0.2, 0) is 10.5 Å². The summed E-state index contributed by atoms with van der Waals surface area (Å²) in [4.78, 5) is 18.6. The van der Waals surface area contributed by atoms with Gasteiger partial charge in [-0.05, 0) is 19.1 Å². The Balaban J connectivity index is 2.01. The minimum Gasteiger partial charge on any atom is -0.344 e. The Labute approximate surface area is 122 Å². The van der Waals surface area contributed by atoms with Crippen molar-refractivity contribution in [2.45, 2.75) is 12.6 Å². The fourth-order valence-corrected chi connectivity index (χ4v) is 3.15. The first-order valence-electron chi connectivity index (χ1n) is 6.97. The monoisotopic (exact) mass is 281 g/mol. The van der Waals surface area contributed by atoms with Crippen molar-refractivity contribution in [1.82, 2.24) is 9.88 Å². The highest BCUT2D eigenvalue weighted by Gasteiger charge is 2.53. The van der Waals surface area contributed by atoms with E-state index in [0.717, 1.165) is 16.8 Å². The van der Waals surface area contributed by atoms with Gasteiger partial charge < -0.3 is 10.1 Å². The van der Waals surface area contributed by atoms with Crippen molar-refractivity contribution in [1.29, 1.82) is 0 Å². The van der Waals surface area contributed by atoms with E-state index in [4.69, 9.17) is 4.74 Å². The minimum atomic E-state index is -0.912. The van der Waals surface area contributed by atoms with Gasteiger partial charge in [0.25, 0.3) is 0 Å². The number of ether oxygens (including phenoxy) is 1. The van der Waals surface area contributed by atoms with Crippen LogP contribution >= 0.6 is 0 Å². The summed E-state index contributed by atoms with van der Waals surface area (Å²) in [5.41, 5.74) is 2.61. The molecule has 5 nitrogen and oxygen atoms in total. The number of pyridine rings is 1. The molecule has 5 heteroatoms. The summed E-state index contributed by atoms with van der Waals surface area (Å²) < 4.78 is 6.09. The second-order valence-electron chi connectivity index (χ2n) is 5.34. The molecule has 2 aliphatic heterocycles. The smallest absolute Gasteiger partial charge is 0.324 e. The second kappa shape index (κ2) is 4.30. The van der Waals surface area contributed by atoms with E-state index in [-0.39, 0.29) is 6.03 Å². The second-order valence-corrected chi connectivity index (χ2v) is 5.34. The summed E-state index contributed by atoms with van der Waals surface area (Å²) in [7, 11) is 0. The minimum absolute atomic E-state index is 0.144. The van der Waals surface area contributed by atoms with Crippen molar-refractivity contribution in [3.63, 3.8) is 0 Å². The molecule has 0 aliphatic carbocycles. The molecule has 0 bridgehead atoms. The van der Waals surface area contributed by atoms with Gasteiger partial charge in [0, 0.05) is 18.3 Å². The molecule has 1 saturated heterocycles. The van der Waals surface area contributed by atoms with Gasteiger partial charge in [0.1, 0.15) is 5.69 Å². The first-order chi connectivity index (χ1) is 10.2. The molecule has 106 valence electrons. The zero-order chi connectivity index (χ0) is 14.4. The largest absolute Gasteiger partial charge is 0.344 e. The molecule has 2 aliphatic rings. The van der Waals surface area contributed by atoms with E-state index in [0.29, 0.717) is 18.8 Å². The number of hydrogen-bond acceptors (Lipinski definition) is 3. The predicted molar refractivity (Wildman–Crippen MR) is 77.9 cm³/mol. The van der Waals surface area contributed by atoms with Gasteiger partial charge in [-0.3, -0.25) is 9.88 Å². The van der Waals surface area contributed by atoms with Crippen molar-refractivity contribution >= 4 is 11.7 Å². The fourth-order valence-electron chi connectivity index (χ4n) is 3.15. The lowest BCUT2D eigenvalue weighted by molar-refractivity contribution is -0.0361. The van der Waals surface area contributed by atoms with E-state index in [2.05, 4.69) is 16.4 Å². The molecule has 2 amide bonds. The van der Waals surface area contributed by atoms with Crippen LogP contribution in [0.4, 0.5) is 10.5 Å². The highest BCUT2D eigenvalue weighted by Crippen LogP contribution is 2.45. The number of amides is 2.